The zero-order chi connectivity index (χ0) is 18.4. The van der Waals surface area contributed by atoms with Crippen LogP contribution in [0.25, 0.3) is 11.1 Å². The molecule has 0 aromatic heterocycles. The molecule has 1 aliphatic carbocycles. The summed E-state index contributed by atoms with van der Waals surface area (Å²) in [6.07, 6.45) is 8.92. The summed E-state index contributed by atoms with van der Waals surface area (Å²) in [6.45, 7) is 0. The molecular weight excluding hydrogens is 328 g/mol. The third kappa shape index (κ3) is 4.38. The molecule has 1 saturated carbocycles. The highest BCUT2D eigenvalue weighted by Crippen LogP contribution is 2.38. The quantitative estimate of drug-likeness (QED) is 0.574. The Labute approximate surface area is 154 Å². The van der Waals surface area contributed by atoms with Crippen LogP contribution in [-0.4, -0.2) is 0 Å². The highest BCUT2D eigenvalue weighted by molar-refractivity contribution is 5.64. The molecule has 0 aliphatic heterocycles. The van der Waals surface area contributed by atoms with Crippen molar-refractivity contribution in [1.82, 2.24) is 0 Å². The fourth-order valence-electron chi connectivity index (χ4n) is 3.91. The van der Waals surface area contributed by atoms with Crippen molar-refractivity contribution >= 4 is 0 Å². The lowest BCUT2D eigenvalue weighted by atomic mass is 9.77. The van der Waals surface area contributed by atoms with E-state index in [9.17, 15) is 8.78 Å². The zero-order valence-corrected chi connectivity index (χ0v) is 14.8. The lowest BCUT2D eigenvalue weighted by Gasteiger charge is -2.28. The number of benzene rings is 2. The van der Waals surface area contributed by atoms with Gasteiger partial charge in [-0.15, -0.1) is 0 Å². The third-order valence-corrected chi connectivity index (χ3v) is 5.48. The van der Waals surface area contributed by atoms with Crippen LogP contribution < -0.4 is 0 Å². The van der Waals surface area contributed by atoms with Gasteiger partial charge in [-0.3, -0.25) is 0 Å². The van der Waals surface area contributed by atoms with Crippen LogP contribution >= 0.6 is 0 Å². The van der Waals surface area contributed by atoms with E-state index in [1.807, 2.05) is 18.2 Å². The van der Waals surface area contributed by atoms with E-state index in [4.69, 9.17) is 5.26 Å². The minimum atomic E-state index is -0.477. The molecule has 1 nitrogen and oxygen atoms in total. The van der Waals surface area contributed by atoms with Crippen LogP contribution in [0.5, 0.6) is 0 Å². The molecule has 2 aromatic rings. The maximum atomic E-state index is 13.8. The second-order valence-corrected chi connectivity index (χ2v) is 7.09. The molecule has 0 radical (unpaired) electrons. The van der Waals surface area contributed by atoms with Crippen LogP contribution in [0.1, 0.15) is 55.6 Å². The smallest absolute Gasteiger partial charge is 0.141 e. The maximum Gasteiger partial charge on any atom is 0.141 e. The van der Waals surface area contributed by atoms with Crippen LogP contribution in [0.4, 0.5) is 8.78 Å². The van der Waals surface area contributed by atoms with Gasteiger partial charge < -0.3 is 0 Å². The first kappa shape index (κ1) is 18.3. The van der Waals surface area contributed by atoms with Gasteiger partial charge in [-0.1, -0.05) is 36.4 Å². The average Bonchev–Trinajstić information content (AvgIpc) is 2.69. The lowest BCUT2D eigenvalue weighted by Crippen LogP contribution is -2.13. The Hall–Kier alpha value is -2.47. The second-order valence-electron chi connectivity index (χ2n) is 7.09. The van der Waals surface area contributed by atoms with E-state index in [-0.39, 0.29) is 5.56 Å². The van der Waals surface area contributed by atoms with Crippen molar-refractivity contribution in [2.45, 2.75) is 44.4 Å². The van der Waals surface area contributed by atoms with Crippen molar-refractivity contribution in [3.8, 4) is 17.2 Å². The molecule has 2 aromatic carbocycles. The van der Waals surface area contributed by atoms with Gasteiger partial charge in [-0.2, -0.15) is 5.26 Å². The van der Waals surface area contributed by atoms with Crippen LogP contribution in [-0.2, 0) is 0 Å². The van der Waals surface area contributed by atoms with Gasteiger partial charge in [-0.25, -0.2) is 8.78 Å². The first-order valence-corrected chi connectivity index (χ1v) is 9.26. The van der Waals surface area contributed by atoms with Gasteiger partial charge in [0.2, 0.25) is 0 Å². The van der Waals surface area contributed by atoms with Gasteiger partial charge in [0.15, 0.2) is 0 Å². The van der Waals surface area contributed by atoms with Crippen LogP contribution in [0.2, 0.25) is 0 Å². The van der Waals surface area contributed by atoms with E-state index in [0.717, 1.165) is 24.0 Å². The fourth-order valence-corrected chi connectivity index (χ4v) is 3.91. The van der Waals surface area contributed by atoms with E-state index in [1.165, 1.54) is 43.4 Å². The van der Waals surface area contributed by atoms with Gasteiger partial charge in [0, 0.05) is 0 Å². The summed E-state index contributed by atoms with van der Waals surface area (Å²) >= 11 is 0. The number of hydrogen-bond donors (Lipinski definition) is 0. The standard InChI is InChI=1S/C23H23F2N/c24-14-2-1-3-17-4-6-18(7-5-17)19-8-10-20(11-9-19)21-12-13-22(16-26)23(25)15-21/h2,8-15,17-18H,1,3-7H2/t17-,18-. The fraction of sp³-hybridized carbons (Fsp3) is 0.348. The Bertz CT molecular complexity index is 794. The number of allylic oxidation sites excluding steroid dienone is 1. The number of halogens is 2. The molecule has 0 amide bonds. The third-order valence-electron chi connectivity index (χ3n) is 5.48. The zero-order valence-electron chi connectivity index (χ0n) is 14.8. The summed E-state index contributed by atoms with van der Waals surface area (Å²) < 4.78 is 25.8. The molecule has 0 N–H and O–H groups in total. The van der Waals surface area contributed by atoms with Crippen LogP contribution in [0.15, 0.2) is 54.9 Å². The van der Waals surface area contributed by atoms with E-state index >= 15 is 0 Å². The molecule has 26 heavy (non-hydrogen) atoms. The number of hydrogen-bond acceptors (Lipinski definition) is 1. The first-order valence-electron chi connectivity index (χ1n) is 9.26. The summed E-state index contributed by atoms with van der Waals surface area (Å²) in [5.41, 5.74) is 3.16. The summed E-state index contributed by atoms with van der Waals surface area (Å²) in [6, 6.07) is 14.9. The van der Waals surface area contributed by atoms with E-state index in [1.54, 1.807) is 12.1 Å². The van der Waals surface area contributed by atoms with E-state index in [2.05, 4.69) is 12.1 Å². The highest BCUT2D eigenvalue weighted by atomic mass is 19.1. The van der Waals surface area contributed by atoms with Crippen molar-refractivity contribution in [2.75, 3.05) is 0 Å². The average molecular weight is 351 g/mol. The molecule has 1 aliphatic rings. The monoisotopic (exact) mass is 351 g/mol. The van der Waals surface area contributed by atoms with Crippen LogP contribution in [0, 0.1) is 23.1 Å². The SMILES string of the molecule is N#Cc1ccc(-c2ccc([C@H]3CC[C@H](CCC=CF)CC3)cc2)cc1F. The van der Waals surface area contributed by atoms with Crippen molar-refractivity contribution in [3.05, 3.63) is 71.8 Å². The molecule has 3 heteroatoms. The molecule has 0 heterocycles. The minimum absolute atomic E-state index is 0.0733. The molecule has 0 atom stereocenters. The largest absolute Gasteiger partial charge is 0.216 e. The summed E-state index contributed by atoms with van der Waals surface area (Å²) in [4.78, 5) is 0. The molecule has 1 fully saturated rings. The molecule has 0 saturated heterocycles. The molecule has 0 bridgehead atoms. The Morgan fingerprint density at radius 3 is 2.31 bits per heavy atom. The van der Waals surface area contributed by atoms with Crippen molar-refractivity contribution < 1.29 is 8.78 Å². The van der Waals surface area contributed by atoms with E-state index < -0.39 is 5.82 Å². The van der Waals surface area contributed by atoms with Gasteiger partial charge in [-0.05, 0) is 79.2 Å². The second kappa shape index (κ2) is 8.76. The summed E-state index contributed by atoms with van der Waals surface area (Å²) in [5.74, 6) is 0.813. The van der Waals surface area contributed by atoms with E-state index in [0.29, 0.717) is 18.2 Å². The van der Waals surface area contributed by atoms with Crippen molar-refractivity contribution in [3.63, 3.8) is 0 Å². The highest BCUT2D eigenvalue weighted by Gasteiger charge is 2.21. The predicted molar refractivity (Wildman–Crippen MR) is 101 cm³/mol. The molecular formula is C23H23F2N. The lowest BCUT2D eigenvalue weighted by molar-refractivity contribution is 0.311. The van der Waals surface area contributed by atoms with Gasteiger partial charge in [0.05, 0.1) is 11.9 Å². The number of nitriles is 1. The Balaban J connectivity index is 1.62. The normalized spacial score (nSPS) is 20.2. The Morgan fingerprint density at radius 1 is 1.00 bits per heavy atom. The Kier molecular flexibility index (Phi) is 6.17. The molecule has 0 spiro atoms. The molecule has 134 valence electrons. The summed E-state index contributed by atoms with van der Waals surface area (Å²) in [7, 11) is 0. The Morgan fingerprint density at radius 2 is 1.69 bits per heavy atom. The predicted octanol–water partition coefficient (Wildman–Crippen LogP) is 6.90. The first-order chi connectivity index (χ1) is 12.7. The summed E-state index contributed by atoms with van der Waals surface area (Å²) in [5, 5.41) is 8.83. The van der Waals surface area contributed by atoms with Crippen LogP contribution in [0.3, 0.4) is 0 Å². The number of nitrogens with zero attached hydrogens (tertiary/aromatic N) is 1. The minimum Gasteiger partial charge on any atom is -0.216 e. The van der Waals surface area contributed by atoms with Crippen molar-refractivity contribution in [2.24, 2.45) is 5.92 Å². The molecule has 0 unspecified atom stereocenters. The molecule has 3 rings (SSSR count). The number of rotatable bonds is 5. The topological polar surface area (TPSA) is 23.8 Å². The van der Waals surface area contributed by atoms with Gasteiger partial charge >= 0.3 is 0 Å². The van der Waals surface area contributed by atoms with Crippen molar-refractivity contribution in [1.29, 1.82) is 5.26 Å². The van der Waals surface area contributed by atoms with Gasteiger partial charge in [0.25, 0.3) is 0 Å². The maximum absolute atomic E-state index is 13.8. The van der Waals surface area contributed by atoms with Gasteiger partial charge in [0.1, 0.15) is 11.9 Å².